The van der Waals surface area contributed by atoms with Crippen LogP contribution in [0.3, 0.4) is 0 Å². The van der Waals surface area contributed by atoms with Crippen LogP contribution in [-0.4, -0.2) is 35.2 Å². The second-order valence-electron chi connectivity index (χ2n) is 7.62. The van der Waals surface area contributed by atoms with Crippen molar-refractivity contribution in [2.75, 3.05) is 13.7 Å². The number of rotatable bonds is 3. The van der Waals surface area contributed by atoms with E-state index < -0.39 is 6.23 Å². The minimum absolute atomic E-state index is 0.168. The van der Waals surface area contributed by atoms with Gasteiger partial charge in [0.1, 0.15) is 12.0 Å². The van der Waals surface area contributed by atoms with Crippen LogP contribution < -0.4 is 10.1 Å². The van der Waals surface area contributed by atoms with Crippen molar-refractivity contribution in [3.63, 3.8) is 0 Å². The molecule has 2 aliphatic rings. The second kappa shape index (κ2) is 6.22. The van der Waals surface area contributed by atoms with Crippen molar-refractivity contribution in [2.45, 2.75) is 25.0 Å². The van der Waals surface area contributed by atoms with Crippen LogP contribution in [0.5, 0.6) is 5.75 Å². The van der Waals surface area contributed by atoms with E-state index in [4.69, 9.17) is 4.74 Å². The van der Waals surface area contributed by atoms with Crippen LogP contribution in [0.15, 0.2) is 54.9 Å². The standard InChI is InChI=1S/C22H23N3O2/c1-27-18-6-7-19-16(10-18)11-22(8-9-23-21(22)26)20(19)15-4-2-14(3-5-15)17-12-24-25-13-17/h2-7,10,12-13,20-21,23,26H,8-9,11H2,1H3,(H,24,25). The molecule has 3 aromatic rings. The first-order chi connectivity index (χ1) is 13.2. The maximum Gasteiger partial charge on any atom is 0.119 e. The SMILES string of the molecule is COc1ccc2c(c1)CC1(CCNC1O)C2c1ccc(-c2cn[nH]c2)cc1. The van der Waals surface area contributed by atoms with E-state index in [1.54, 1.807) is 7.11 Å². The number of ether oxygens (including phenoxy) is 1. The van der Waals surface area contributed by atoms with Gasteiger partial charge in [0.2, 0.25) is 0 Å². The summed E-state index contributed by atoms with van der Waals surface area (Å²) in [5.74, 6) is 1.04. The summed E-state index contributed by atoms with van der Waals surface area (Å²) in [6, 6.07) is 15.0. The van der Waals surface area contributed by atoms with Crippen molar-refractivity contribution in [3.8, 4) is 16.9 Å². The molecular weight excluding hydrogens is 338 g/mol. The number of hydrogen-bond acceptors (Lipinski definition) is 4. The molecule has 1 aliphatic heterocycles. The van der Waals surface area contributed by atoms with Crippen molar-refractivity contribution in [3.05, 3.63) is 71.5 Å². The Labute approximate surface area is 158 Å². The summed E-state index contributed by atoms with van der Waals surface area (Å²) >= 11 is 0. The van der Waals surface area contributed by atoms with Gasteiger partial charge < -0.3 is 9.84 Å². The predicted molar refractivity (Wildman–Crippen MR) is 104 cm³/mol. The van der Waals surface area contributed by atoms with Gasteiger partial charge >= 0.3 is 0 Å². The molecule has 5 rings (SSSR count). The number of benzene rings is 2. The first-order valence-electron chi connectivity index (χ1n) is 9.39. The monoisotopic (exact) mass is 361 g/mol. The largest absolute Gasteiger partial charge is 0.497 e. The number of aromatic amines is 1. The van der Waals surface area contributed by atoms with Crippen molar-refractivity contribution in [1.82, 2.24) is 15.5 Å². The van der Waals surface area contributed by atoms with E-state index in [9.17, 15) is 5.11 Å². The van der Waals surface area contributed by atoms with E-state index in [-0.39, 0.29) is 11.3 Å². The lowest BCUT2D eigenvalue weighted by Crippen LogP contribution is -2.40. The summed E-state index contributed by atoms with van der Waals surface area (Å²) in [7, 11) is 1.70. The number of methoxy groups -OCH3 is 1. The van der Waals surface area contributed by atoms with Gasteiger partial charge in [-0.15, -0.1) is 0 Å². The first-order valence-corrected chi connectivity index (χ1v) is 9.39. The molecule has 1 aromatic heterocycles. The highest BCUT2D eigenvalue weighted by Gasteiger charge is 2.53. The molecule has 1 spiro atoms. The van der Waals surface area contributed by atoms with E-state index in [2.05, 4.69) is 51.9 Å². The van der Waals surface area contributed by atoms with Crippen LogP contribution in [0.2, 0.25) is 0 Å². The smallest absolute Gasteiger partial charge is 0.119 e. The maximum atomic E-state index is 10.9. The van der Waals surface area contributed by atoms with Crippen LogP contribution >= 0.6 is 0 Å². The number of hydrogen-bond donors (Lipinski definition) is 3. The van der Waals surface area contributed by atoms with Gasteiger partial charge in [-0.1, -0.05) is 30.3 Å². The summed E-state index contributed by atoms with van der Waals surface area (Å²) in [6.07, 6.45) is 5.05. The topological polar surface area (TPSA) is 70.2 Å². The molecule has 2 heterocycles. The van der Waals surface area contributed by atoms with Crippen LogP contribution in [0.25, 0.3) is 11.1 Å². The third-order valence-electron chi connectivity index (χ3n) is 6.30. The molecule has 5 nitrogen and oxygen atoms in total. The quantitative estimate of drug-likeness (QED) is 0.671. The molecule has 3 atom stereocenters. The lowest BCUT2D eigenvalue weighted by molar-refractivity contribution is 0.0334. The van der Waals surface area contributed by atoms with Gasteiger partial charge in [-0.05, 0) is 53.8 Å². The molecule has 3 unspecified atom stereocenters. The summed E-state index contributed by atoms with van der Waals surface area (Å²) in [6.45, 7) is 0.843. The molecule has 27 heavy (non-hydrogen) atoms. The fraction of sp³-hybridized carbons (Fsp3) is 0.318. The maximum absolute atomic E-state index is 10.9. The van der Waals surface area contributed by atoms with Crippen LogP contribution in [0.1, 0.15) is 29.0 Å². The van der Waals surface area contributed by atoms with Gasteiger partial charge in [-0.25, -0.2) is 0 Å². The van der Waals surface area contributed by atoms with E-state index in [0.29, 0.717) is 0 Å². The molecule has 0 saturated carbocycles. The van der Waals surface area contributed by atoms with Crippen LogP contribution in [-0.2, 0) is 6.42 Å². The van der Waals surface area contributed by atoms with E-state index >= 15 is 0 Å². The van der Waals surface area contributed by atoms with Gasteiger partial charge in [0, 0.05) is 23.1 Å². The molecule has 1 saturated heterocycles. The Hall–Kier alpha value is -2.63. The Balaban J connectivity index is 1.60. The Morgan fingerprint density at radius 1 is 1.15 bits per heavy atom. The summed E-state index contributed by atoms with van der Waals surface area (Å²) in [5.41, 5.74) is 5.84. The number of nitrogens with zero attached hydrogens (tertiary/aromatic N) is 1. The highest BCUT2D eigenvalue weighted by Crippen LogP contribution is 2.56. The van der Waals surface area contributed by atoms with Gasteiger partial charge in [0.05, 0.1) is 13.3 Å². The average molecular weight is 361 g/mol. The number of aromatic nitrogens is 2. The summed E-state index contributed by atoms with van der Waals surface area (Å²) < 4.78 is 5.43. The highest BCUT2D eigenvalue weighted by atomic mass is 16.5. The normalized spacial score (nSPS) is 26.4. The molecule has 3 N–H and O–H groups in total. The Morgan fingerprint density at radius 3 is 2.67 bits per heavy atom. The fourth-order valence-corrected chi connectivity index (χ4v) is 4.97. The molecular formula is C22H23N3O2. The molecule has 0 bridgehead atoms. The van der Waals surface area contributed by atoms with Crippen molar-refractivity contribution >= 4 is 0 Å². The van der Waals surface area contributed by atoms with Gasteiger partial charge in [-0.3, -0.25) is 10.4 Å². The van der Waals surface area contributed by atoms with E-state index in [1.165, 1.54) is 16.7 Å². The van der Waals surface area contributed by atoms with Crippen molar-refractivity contribution in [1.29, 1.82) is 0 Å². The van der Waals surface area contributed by atoms with Gasteiger partial charge in [0.25, 0.3) is 0 Å². The Bertz CT molecular complexity index is 952. The van der Waals surface area contributed by atoms with E-state index in [0.717, 1.165) is 36.3 Å². The zero-order valence-corrected chi connectivity index (χ0v) is 15.3. The molecule has 0 amide bonds. The predicted octanol–water partition coefficient (Wildman–Crippen LogP) is 3.07. The second-order valence-corrected chi connectivity index (χ2v) is 7.62. The summed E-state index contributed by atoms with van der Waals surface area (Å²) in [4.78, 5) is 0. The number of aliphatic hydroxyl groups excluding tert-OH is 1. The molecule has 0 radical (unpaired) electrons. The third-order valence-corrected chi connectivity index (χ3v) is 6.30. The molecule has 138 valence electrons. The number of H-pyrrole nitrogens is 1. The van der Waals surface area contributed by atoms with Gasteiger partial charge in [-0.2, -0.15) is 5.10 Å². The molecule has 1 fully saturated rings. The first kappa shape index (κ1) is 16.5. The minimum atomic E-state index is -0.505. The number of nitrogens with one attached hydrogen (secondary N) is 2. The van der Waals surface area contributed by atoms with Gasteiger partial charge in [0.15, 0.2) is 0 Å². The third kappa shape index (κ3) is 2.50. The average Bonchev–Trinajstić information content (AvgIpc) is 3.42. The van der Waals surface area contributed by atoms with Crippen LogP contribution in [0.4, 0.5) is 0 Å². The molecule has 5 heteroatoms. The zero-order chi connectivity index (χ0) is 18.4. The Morgan fingerprint density at radius 2 is 2.00 bits per heavy atom. The van der Waals surface area contributed by atoms with E-state index in [1.807, 2.05) is 18.5 Å². The molecule has 1 aliphatic carbocycles. The Kier molecular flexibility index (Phi) is 3.81. The minimum Gasteiger partial charge on any atom is -0.497 e. The fourth-order valence-electron chi connectivity index (χ4n) is 4.97. The number of aliphatic hydroxyl groups is 1. The highest BCUT2D eigenvalue weighted by molar-refractivity contribution is 5.62. The summed E-state index contributed by atoms with van der Waals surface area (Å²) in [5, 5.41) is 21.0. The zero-order valence-electron chi connectivity index (χ0n) is 15.3. The van der Waals surface area contributed by atoms with Crippen LogP contribution in [0, 0.1) is 5.41 Å². The molecule has 2 aromatic carbocycles. The lowest BCUT2D eigenvalue weighted by Gasteiger charge is -2.35. The lowest BCUT2D eigenvalue weighted by atomic mass is 9.71. The van der Waals surface area contributed by atoms with Crippen molar-refractivity contribution in [2.24, 2.45) is 5.41 Å². The number of fused-ring (bicyclic) bond motifs is 1. The van der Waals surface area contributed by atoms with Crippen molar-refractivity contribution < 1.29 is 9.84 Å².